The fourth-order valence-electron chi connectivity index (χ4n) is 0.576. The Labute approximate surface area is 74.4 Å². The van der Waals surface area contributed by atoms with Crippen molar-refractivity contribution in [1.29, 1.82) is 0 Å². The van der Waals surface area contributed by atoms with Crippen molar-refractivity contribution in [1.82, 2.24) is 8.75 Å². The van der Waals surface area contributed by atoms with Crippen molar-refractivity contribution in [3.8, 4) is 0 Å². The third-order valence-corrected chi connectivity index (χ3v) is 1.98. The van der Waals surface area contributed by atoms with Gasteiger partial charge in [-0.15, -0.1) is 6.58 Å². The zero-order valence-electron chi connectivity index (χ0n) is 5.88. The summed E-state index contributed by atoms with van der Waals surface area (Å²) < 4.78 is 7.74. The first kappa shape index (κ1) is 8.49. The molecule has 0 aliphatic carbocycles. The highest BCUT2D eigenvalue weighted by molar-refractivity contribution is 6.99. The Balaban J connectivity index is 2.38. The van der Waals surface area contributed by atoms with Gasteiger partial charge in [0.05, 0.1) is 11.7 Å². The normalized spacial score (nSPS) is 9.55. The molecule has 1 N–H and O–H groups in total. The quantitative estimate of drug-likeness (QED) is 0.583. The van der Waals surface area contributed by atoms with E-state index in [1.54, 1.807) is 0 Å². The summed E-state index contributed by atoms with van der Waals surface area (Å²) in [4.78, 5) is 0. The van der Waals surface area contributed by atoms with Gasteiger partial charge in [-0.05, 0) is 6.42 Å². The third-order valence-electron chi connectivity index (χ3n) is 1.09. The molecule has 5 heteroatoms. The predicted molar refractivity (Wildman–Crippen MR) is 48.2 cm³/mol. The van der Waals surface area contributed by atoms with E-state index in [0.717, 1.165) is 24.7 Å². The number of rotatable bonds is 4. The first-order chi connectivity index (χ1) is 5.34. The van der Waals surface area contributed by atoms with Gasteiger partial charge in [0.15, 0.2) is 11.0 Å². The second-order valence-electron chi connectivity index (χ2n) is 1.91. The summed E-state index contributed by atoms with van der Waals surface area (Å²) in [5.41, 5.74) is 0. The standard InChI is InChI=1S/C6H8ClN3S/c1-2-3-4-8-6-5(7)9-11-10-6/h2H,1,3-4H2,(H,8,10). The highest BCUT2D eigenvalue weighted by Crippen LogP contribution is 2.17. The molecule has 0 radical (unpaired) electrons. The topological polar surface area (TPSA) is 37.8 Å². The zero-order chi connectivity index (χ0) is 8.10. The SMILES string of the molecule is C=CCCNc1nsnc1Cl. The molecule has 0 amide bonds. The van der Waals surface area contributed by atoms with E-state index >= 15 is 0 Å². The number of halogens is 1. The molecule has 0 aliphatic heterocycles. The third kappa shape index (κ3) is 2.48. The minimum Gasteiger partial charge on any atom is -0.366 e. The highest BCUT2D eigenvalue weighted by atomic mass is 35.5. The van der Waals surface area contributed by atoms with E-state index in [1.165, 1.54) is 0 Å². The van der Waals surface area contributed by atoms with Crippen molar-refractivity contribution < 1.29 is 0 Å². The van der Waals surface area contributed by atoms with E-state index in [2.05, 4.69) is 20.6 Å². The molecule has 0 saturated heterocycles. The van der Waals surface area contributed by atoms with Gasteiger partial charge in [0.2, 0.25) is 0 Å². The van der Waals surface area contributed by atoms with E-state index < -0.39 is 0 Å². The van der Waals surface area contributed by atoms with Crippen LogP contribution in [0, 0.1) is 0 Å². The van der Waals surface area contributed by atoms with Gasteiger partial charge in [-0.2, -0.15) is 8.75 Å². The summed E-state index contributed by atoms with van der Waals surface area (Å²) in [6, 6.07) is 0. The smallest absolute Gasteiger partial charge is 0.186 e. The summed E-state index contributed by atoms with van der Waals surface area (Å²) in [5, 5.41) is 3.47. The molecule has 0 aromatic carbocycles. The lowest BCUT2D eigenvalue weighted by atomic mass is 10.4. The van der Waals surface area contributed by atoms with Gasteiger partial charge in [-0.3, -0.25) is 0 Å². The van der Waals surface area contributed by atoms with Crippen molar-refractivity contribution in [3.63, 3.8) is 0 Å². The predicted octanol–water partition coefficient (Wildman–Crippen LogP) is 2.18. The zero-order valence-corrected chi connectivity index (χ0v) is 7.45. The van der Waals surface area contributed by atoms with Crippen LogP contribution in [0.15, 0.2) is 12.7 Å². The fraction of sp³-hybridized carbons (Fsp3) is 0.333. The molecule has 1 aromatic heterocycles. The van der Waals surface area contributed by atoms with Crippen molar-refractivity contribution in [3.05, 3.63) is 17.8 Å². The van der Waals surface area contributed by atoms with E-state index in [9.17, 15) is 0 Å². The van der Waals surface area contributed by atoms with E-state index in [-0.39, 0.29) is 0 Å². The molecule has 0 atom stereocenters. The summed E-state index contributed by atoms with van der Waals surface area (Å²) in [7, 11) is 0. The first-order valence-electron chi connectivity index (χ1n) is 3.17. The molecule has 3 nitrogen and oxygen atoms in total. The maximum absolute atomic E-state index is 5.67. The van der Waals surface area contributed by atoms with E-state index in [1.807, 2.05) is 6.08 Å². The summed E-state index contributed by atoms with van der Waals surface area (Å²) in [6.07, 6.45) is 2.73. The lowest BCUT2D eigenvalue weighted by molar-refractivity contribution is 1.06. The molecular formula is C6H8ClN3S. The van der Waals surface area contributed by atoms with E-state index in [0.29, 0.717) is 11.0 Å². The number of nitrogens with zero attached hydrogens (tertiary/aromatic N) is 2. The lowest BCUT2D eigenvalue weighted by Crippen LogP contribution is -2.00. The molecular weight excluding hydrogens is 182 g/mol. The van der Waals surface area contributed by atoms with Crippen LogP contribution < -0.4 is 5.32 Å². The maximum atomic E-state index is 5.67. The minimum absolute atomic E-state index is 0.444. The Morgan fingerprint density at radius 1 is 1.64 bits per heavy atom. The van der Waals surface area contributed by atoms with Crippen LogP contribution in [-0.4, -0.2) is 15.3 Å². The van der Waals surface area contributed by atoms with Crippen LogP contribution in [-0.2, 0) is 0 Å². The van der Waals surface area contributed by atoms with Crippen LogP contribution in [0.25, 0.3) is 0 Å². The van der Waals surface area contributed by atoms with Crippen LogP contribution in [0.2, 0.25) is 5.15 Å². The van der Waals surface area contributed by atoms with Gasteiger partial charge in [-0.1, -0.05) is 17.7 Å². The molecule has 1 aromatic rings. The van der Waals surface area contributed by atoms with Gasteiger partial charge in [0.1, 0.15) is 0 Å². The van der Waals surface area contributed by atoms with Gasteiger partial charge in [0, 0.05) is 6.54 Å². The largest absolute Gasteiger partial charge is 0.366 e. The molecule has 1 heterocycles. The Hall–Kier alpha value is -0.610. The van der Waals surface area contributed by atoms with Gasteiger partial charge < -0.3 is 5.32 Å². The number of hydrogen-bond donors (Lipinski definition) is 1. The van der Waals surface area contributed by atoms with Crippen LogP contribution in [0.1, 0.15) is 6.42 Å². The molecule has 11 heavy (non-hydrogen) atoms. The molecule has 1 rings (SSSR count). The minimum atomic E-state index is 0.444. The van der Waals surface area contributed by atoms with Gasteiger partial charge in [0.25, 0.3) is 0 Å². The second kappa shape index (κ2) is 4.31. The fourth-order valence-corrected chi connectivity index (χ4v) is 1.26. The Kier molecular flexibility index (Phi) is 3.32. The number of nitrogens with one attached hydrogen (secondary N) is 1. The Morgan fingerprint density at radius 3 is 3.00 bits per heavy atom. The Bertz CT molecular complexity index is 235. The number of aromatic nitrogens is 2. The summed E-state index contributed by atoms with van der Waals surface area (Å²) in [6.45, 7) is 4.40. The van der Waals surface area contributed by atoms with E-state index in [4.69, 9.17) is 11.6 Å². The lowest BCUT2D eigenvalue weighted by Gasteiger charge is -1.97. The van der Waals surface area contributed by atoms with Crippen molar-refractivity contribution in [2.45, 2.75) is 6.42 Å². The van der Waals surface area contributed by atoms with Crippen LogP contribution in [0.5, 0.6) is 0 Å². The van der Waals surface area contributed by atoms with Gasteiger partial charge in [-0.25, -0.2) is 0 Å². The van der Waals surface area contributed by atoms with Crippen molar-refractivity contribution >= 4 is 29.1 Å². The molecule has 60 valence electrons. The average Bonchev–Trinajstić information content (AvgIpc) is 2.37. The maximum Gasteiger partial charge on any atom is 0.186 e. The first-order valence-corrected chi connectivity index (χ1v) is 4.28. The molecule has 0 fully saturated rings. The molecule has 0 aliphatic rings. The highest BCUT2D eigenvalue weighted by Gasteiger charge is 2.01. The molecule has 0 bridgehead atoms. The monoisotopic (exact) mass is 189 g/mol. The van der Waals surface area contributed by atoms with Gasteiger partial charge >= 0.3 is 0 Å². The second-order valence-corrected chi connectivity index (χ2v) is 2.79. The molecule has 0 unspecified atom stereocenters. The van der Waals surface area contributed by atoms with Crippen LogP contribution in [0.4, 0.5) is 5.82 Å². The van der Waals surface area contributed by atoms with Crippen molar-refractivity contribution in [2.24, 2.45) is 0 Å². The molecule has 0 saturated carbocycles. The summed E-state index contributed by atoms with van der Waals surface area (Å²) in [5.74, 6) is 0.665. The van der Waals surface area contributed by atoms with Crippen LogP contribution >= 0.6 is 23.3 Å². The Morgan fingerprint density at radius 2 is 2.45 bits per heavy atom. The number of anilines is 1. The van der Waals surface area contributed by atoms with Crippen LogP contribution in [0.3, 0.4) is 0 Å². The average molecular weight is 190 g/mol. The molecule has 0 spiro atoms. The number of hydrogen-bond acceptors (Lipinski definition) is 4. The van der Waals surface area contributed by atoms with Crippen molar-refractivity contribution in [2.75, 3.05) is 11.9 Å². The summed E-state index contributed by atoms with van der Waals surface area (Å²) >= 11 is 6.77.